The second-order valence-corrected chi connectivity index (χ2v) is 18.1. The summed E-state index contributed by atoms with van der Waals surface area (Å²) < 4.78 is 79.5. The van der Waals surface area contributed by atoms with Gasteiger partial charge in [0.25, 0.3) is 0 Å². The summed E-state index contributed by atoms with van der Waals surface area (Å²) in [6, 6.07) is 11.2. The summed E-state index contributed by atoms with van der Waals surface area (Å²) in [7, 11) is 8.17. The summed E-state index contributed by atoms with van der Waals surface area (Å²) in [5.74, 6) is 0.681. The highest BCUT2D eigenvalue weighted by molar-refractivity contribution is 7.80. The van der Waals surface area contributed by atoms with Crippen LogP contribution in [0.1, 0.15) is 57.6 Å². The standard InChI is InChI=1S/2C24H25F3N6S.ClH/c2*1-14-19(9-15(12-28-14)5-4-8-33(2)3)31-23-29-13-16-10-21(34)30-20-11-17(24(25,26)27)6-7-18(20)22(16)32-23;/h2*6-7,9,11-13H,4-5,8,10H2,1-3H3,(H,30,34)(H,29,31,32);1H. The molecular weight excluding hydrogens is 958 g/mol. The molecule has 69 heavy (non-hydrogen) atoms. The van der Waals surface area contributed by atoms with Gasteiger partial charge in [-0.2, -0.15) is 26.3 Å². The van der Waals surface area contributed by atoms with Crippen molar-refractivity contribution in [3.05, 3.63) is 118 Å². The highest BCUT2D eigenvalue weighted by atomic mass is 35.5. The van der Waals surface area contributed by atoms with E-state index < -0.39 is 23.5 Å². The summed E-state index contributed by atoms with van der Waals surface area (Å²) in [5, 5.41) is 12.3. The van der Waals surface area contributed by atoms with Crippen molar-refractivity contribution >= 4 is 81.5 Å². The zero-order valence-corrected chi connectivity index (χ0v) is 41.1. The molecule has 0 saturated carbocycles. The zero-order valence-electron chi connectivity index (χ0n) is 38.7. The SMILES string of the molecule is Cc1ncc(CCCN(C)C)cc1Nc1ncc2c(n1)-c1ccc(C(F)(F)F)cc1NC(=S)C2.Cc1ncc(CCCN(C)C)cc1Nc1ncc2c(n1)-c1ccc(C(F)(F)F)cc1NC(=S)C2.Cl. The number of hydrogen-bond donors (Lipinski definition) is 4. The molecule has 2 aliphatic heterocycles. The van der Waals surface area contributed by atoms with Crippen molar-refractivity contribution in [1.82, 2.24) is 39.7 Å². The largest absolute Gasteiger partial charge is 0.416 e. The number of anilines is 6. The van der Waals surface area contributed by atoms with Crippen LogP contribution in [0.5, 0.6) is 0 Å². The van der Waals surface area contributed by atoms with E-state index in [1.165, 1.54) is 12.1 Å². The Morgan fingerprint density at radius 1 is 0.580 bits per heavy atom. The molecule has 12 nitrogen and oxygen atoms in total. The summed E-state index contributed by atoms with van der Waals surface area (Å²) in [6.07, 6.45) is 2.64. The third-order valence-electron chi connectivity index (χ3n) is 11.1. The molecule has 0 aliphatic carbocycles. The molecule has 0 radical (unpaired) electrons. The van der Waals surface area contributed by atoms with E-state index in [2.05, 4.69) is 61.0 Å². The molecule has 6 aromatic rings. The van der Waals surface area contributed by atoms with Gasteiger partial charge in [0.1, 0.15) is 0 Å². The molecule has 0 fully saturated rings. The second kappa shape index (κ2) is 22.2. The van der Waals surface area contributed by atoms with Crippen LogP contribution in [0, 0.1) is 13.8 Å². The average Bonchev–Trinajstić information content (AvgIpc) is 3.49. The van der Waals surface area contributed by atoms with E-state index in [1.807, 2.05) is 66.6 Å². The first-order valence-corrected chi connectivity index (χ1v) is 22.5. The van der Waals surface area contributed by atoms with Crippen LogP contribution >= 0.6 is 36.8 Å². The Bertz CT molecular complexity index is 2650. The Balaban J connectivity index is 0.000000224. The molecule has 0 spiro atoms. The maximum Gasteiger partial charge on any atom is 0.416 e. The quantitative estimate of drug-likeness (QED) is 0.0685. The van der Waals surface area contributed by atoms with Crippen LogP contribution in [0.15, 0.2) is 73.3 Å². The third-order valence-corrected chi connectivity index (χ3v) is 11.6. The Labute approximate surface area is 413 Å². The monoisotopic (exact) mass is 1010 g/mol. The number of hydrogen-bond acceptors (Lipinski definition) is 12. The first kappa shape index (κ1) is 52.4. The van der Waals surface area contributed by atoms with Crippen LogP contribution in [0.25, 0.3) is 22.5 Å². The highest BCUT2D eigenvalue weighted by Gasteiger charge is 2.33. The van der Waals surface area contributed by atoms with E-state index in [-0.39, 0.29) is 23.8 Å². The van der Waals surface area contributed by atoms with Gasteiger partial charge >= 0.3 is 12.4 Å². The summed E-state index contributed by atoms with van der Waals surface area (Å²) in [4.78, 5) is 32.2. The van der Waals surface area contributed by atoms with Crippen molar-refractivity contribution in [2.45, 2.75) is 64.7 Å². The van der Waals surface area contributed by atoms with Gasteiger partial charge in [-0.1, -0.05) is 36.6 Å². The minimum atomic E-state index is -4.45. The maximum atomic E-state index is 13.2. The summed E-state index contributed by atoms with van der Waals surface area (Å²) in [6.45, 7) is 5.75. The number of rotatable bonds is 12. The Kier molecular flexibility index (Phi) is 16.9. The number of nitrogens with zero attached hydrogens (tertiary/aromatic N) is 8. The minimum Gasteiger partial charge on any atom is -0.349 e. The molecule has 0 saturated heterocycles. The van der Waals surface area contributed by atoms with Crippen LogP contribution in [0.3, 0.4) is 0 Å². The lowest BCUT2D eigenvalue weighted by Crippen LogP contribution is -2.13. The van der Waals surface area contributed by atoms with E-state index >= 15 is 0 Å². The van der Waals surface area contributed by atoms with Crippen LogP contribution in [0.4, 0.5) is 61.0 Å². The molecule has 2 aromatic carbocycles. The molecule has 2 aliphatic rings. The minimum absolute atomic E-state index is 0. The number of aryl methyl sites for hydroxylation is 4. The molecule has 4 aromatic heterocycles. The first-order valence-electron chi connectivity index (χ1n) is 21.7. The number of fused-ring (bicyclic) bond motifs is 6. The number of aromatic nitrogens is 6. The predicted molar refractivity (Wildman–Crippen MR) is 270 cm³/mol. The number of nitrogens with one attached hydrogen (secondary N) is 4. The first-order chi connectivity index (χ1) is 32.2. The van der Waals surface area contributed by atoms with Crippen molar-refractivity contribution in [1.29, 1.82) is 0 Å². The Hall–Kier alpha value is -5.93. The Morgan fingerprint density at radius 3 is 1.33 bits per heavy atom. The zero-order chi connectivity index (χ0) is 48.9. The fourth-order valence-corrected chi connectivity index (χ4v) is 8.10. The van der Waals surface area contributed by atoms with Gasteiger partial charge in [0.05, 0.1) is 55.3 Å². The van der Waals surface area contributed by atoms with Gasteiger partial charge < -0.3 is 31.1 Å². The van der Waals surface area contributed by atoms with Crippen LogP contribution in [-0.4, -0.2) is 91.0 Å². The number of alkyl halides is 6. The van der Waals surface area contributed by atoms with Gasteiger partial charge in [0.15, 0.2) is 0 Å². The maximum absolute atomic E-state index is 13.2. The molecule has 0 atom stereocenters. The van der Waals surface area contributed by atoms with Crippen molar-refractivity contribution < 1.29 is 26.3 Å². The number of pyridine rings is 2. The molecular formula is C48H51ClF6N12S2. The smallest absolute Gasteiger partial charge is 0.349 e. The van der Waals surface area contributed by atoms with Gasteiger partial charge in [-0.15, -0.1) is 12.4 Å². The molecule has 6 heterocycles. The van der Waals surface area contributed by atoms with Crippen molar-refractivity contribution in [2.75, 3.05) is 62.5 Å². The highest BCUT2D eigenvalue weighted by Crippen LogP contribution is 2.40. The molecule has 0 unspecified atom stereocenters. The normalized spacial score (nSPS) is 13.0. The lowest BCUT2D eigenvalue weighted by atomic mass is 10.0. The van der Waals surface area contributed by atoms with Crippen LogP contribution in [0.2, 0.25) is 0 Å². The van der Waals surface area contributed by atoms with Gasteiger partial charge in [-0.25, -0.2) is 19.9 Å². The van der Waals surface area contributed by atoms with Crippen LogP contribution in [-0.2, 0) is 38.0 Å². The molecule has 21 heteroatoms. The average molecular weight is 1010 g/mol. The van der Waals surface area contributed by atoms with Crippen molar-refractivity contribution in [3.8, 4) is 22.5 Å². The molecule has 8 rings (SSSR count). The van der Waals surface area contributed by atoms with E-state index in [0.29, 0.717) is 57.2 Å². The van der Waals surface area contributed by atoms with Gasteiger partial charge in [-0.3, -0.25) is 9.97 Å². The van der Waals surface area contributed by atoms with Crippen molar-refractivity contribution in [3.63, 3.8) is 0 Å². The lowest BCUT2D eigenvalue weighted by molar-refractivity contribution is -0.138. The number of thiocarbonyl (C=S) groups is 2. The summed E-state index contributed by atoms with van der Waals surface area (Å²) >= 11 is 10.7. The molecule has 4 N–H and O–H groups in total. The molecule has 0 amide bonds. The number of halogens is 7. The van der Waals surface area contributed by atoms with Gasteiger partial charge in [0, 0.05) is 71.3 Å². The second-order valence-electron chi connectivity index (χ2n) is 17.1. The van der Waals surface area contributed by atoms with E-state index in [0.717, 1.165) is 108 Å². The fourth-order valence-electron chi connectivity index (χ4n) is 7.57. The Morgan fingerprint density at radius 2 is 0.971 bits per heavy atom. The van der Waals surface area contributed by atoms with Crippen LogP contribution < -0.4 is 21.3 Å². The van der Waals surface area contributed by atoms with E-state index in [4.69, 9.17) is 24.4 Å². The van der Waals surface area contributed by atoms with Gasteiger partial charge in [0.2, 0.25) is 11.9 Å². The topological polar surface area (TPSA) is 132 Å². The van der Waals surface area contributed by atoms with E-state index in [9.17, 15) is 26.3 Å². The van der Waals surface area contributed by atoms with E-state index in [1.54, 1.807) is 12.4 Å². The van der Waals surface area contributed by atoms with Crippen molar-refractivity contribution in [2.24, 2.45) is 0 Å². The summed E-state index contributed by atoms with van der Waals surface area (Å²) in [5.41, 5.74) is 8.11. The lowest BCUT2D eigenvalue weighted by Gasteiger charge is -2.14. The molecule has 0 bridgehead atoms. The molecule has 364 valence electrons. The third kappa shape index (κ3) is 13.7. The predicted octanol–water partition coefficient (Wildman–Crippen LogP) is 11.2. The van der Waals surface area contributed by atoms with Gasteiger partial charge in [-0.05, 0) is 128 Å². The number of benzene rings is 2. The fraction of sp³-hybridized carbons (Fsp3) is 0.333.